The summed E-state index contributed by atoms with van der Waals surface area (Å²) >= 11 is 0. The third-order valence-electron chi connectivity index (χ3n) is 4.64. The number of carbonyl (C=O) groups is 2. The lowest BCUT2D eigenvalue weighted by molar-refractivity contribution is -0.132. The summed E-state index contributed by atoms with van der Waals surface area (Å²) in [6.07, 6.45) is 13.0. The molecule has 0 saturated heterocycles. The van der Waals surface area contributed by atoms with Crippen molar-refractivity contribution >= 4 is 33.9 Å². The maximum absolute atomic E-state index is 13.0. The molecule has 152 valence electrons. The van der Waals surface area contributed by atoms with Gasteiger partial charge in [0.2, 0.25) is 0 Å². The largest absolute Gasteiger partial charge is 0.478 e. The van der Waals surface area contributed by atoms with E-state index in [4.69, 9.17) is 10.2 Å². The second-order valence-corrected chi connectivity index (χ2v) is 8.55. The third kappa shape index (κ3) is 4.80. The van der Waals surface area contributed by atoms with Crippen LogP contribution in [-0.4, -0.2) is 42.1 Å². The molecule has 0 bridgehead atoms. The zero-order valence-electron chi connectivity index (χ0n) is 15.4. The summed E-state index contributed by atoms with van der Waals surface area (Å²) in [7, 11) is -3.75. The zero-order chi connectivity index (χ0) is 21.0. The average Bonchev–Trinajstić information content (AvgIpc) is 3.10. The monoisotopic (exact) mass is 416 g/mol. The highest BCUT2D eigenvalue weighted by atomic mass is 32.2. The molecule has 9 heteroatoms. The van der Waals surface area contributed by atoms with Crippen molar-refractivity contribution in [3.05, 3.63) is 64.8 Å². The number of allylic oxidation sites excluding steroid dienone is 4. The zero-order valence-corrected chi connectivity index (χ0v) is 16.2. The quantitative estimate of drug-likeness (QED) is 0.654. The Hall–Kier alpha value is -3.20. The van der Waals surface area contributed by atoms with Crippen LogP contribution in [0.4, 0.5) is 5.82 Å². The van der Waals surface area contributed by atoms with Crippen molar-refractivity contribution < 1.29 is 28.2 Å². The van der Waals surface area contributed by atoms with Gasteiger partial charge in [0, 0.05) is 24.9 Å². The first-order chi connectivity index (χ1) is 13.8. The van der Waals surface area contributed by atoms with E-state index in [1.165, 1.54) is 16.6 Å². The van der Waals surface area contributed by atoms with Crippen LogP contribution in [0.5, 0.6) is 0 Å². The Morgan fingerprint density at radius 2 is 2.00 bits per heavy atom. The molecule has 0 fully saturated rings. The van der Waals surface area contributed by atoms with Crippen molar-refractivity contribution in [2.24, 2.45) is 5.92 Å². The smallest absolute Gasteiger partial charge is 0.328 e. The molecular weight excluding hydrogens is 396 g/mol. The van der Waals surface area contributed by atoms with Crippen molar-refractivity contribution in [2.45, 2.75) is 19.3 Å². The summed E-state index contributed by atoms with van der Waals surface area (Å²) in [5, 5.41) is 17.3. The van der Waals surface area contributed by atoms with Gasteiger partial charge < -0.3 is 10.2 Å². The van der Waals surface area contributed by atoms with Crippen molar-refractivity contribution in [2.75, 3.05) is 10.8 Å². The predicted octanol–water partition coefficient (Wildman–Crippen LogP) is 2.36. The number of fused-ring (bicyclic) bond motifs is 1. The third-order valence-corrected chi connectivity index (χ3v) is 6.48. The molecule has 1 unspecified atom stereocenters. The molecule has 2 N–H and O–H groups in total. The Morgan fingerprint density at radius 1 is 1.24 bits per heavy atom. The average molecular weight is 416 g/mol. The topological polar surface area (TPSA) is 125 Å². The fourth-order valence-corrected chi connectivity index (χ4v) is 4.77. The van der Waals surface area contributed by atoms with E-state index in [1.807, 2.05) is 0 Å². The van der Waals surface area contributed by atoms with Crippen LogP contribution in [0.1, 0.15) is 24.0 Å². The van der Waals surface area contributed by atoms with Gasteiger partial charge in [-0.2, -0.15) is 0 Å². The summed E-state index contributed by atoms with van der Waals surface area (Å²) in [5.41, 5.74) is 1.35. The molecule has 0 radical (unpaired) electrons. The summed E-state index contributed by atoms with van der Waals surface area (Å²) < 4.78 is 27.4. The molecule has 2 heterocycles. The summed E-state index contributed by atoms with van der Waals surface area (Å²) in [5.74, 6) is -1.66. The van der Waals surface area contributed by atoms with E-state index in [9.17, 15) is 18.0 Å². The molecule has 29 heavy (non-hydrogen) atoms. The maximum atomic E-state index is 13.0. The molecule has 1 aliphatic heterocycles. The van der Waals surface area contributed by atoms with Gasteiger partial charge in [-0.15, -0.1) is 0 Å². The molecule has 1 aliphatic carbocycles. The Morgan fingerprint density at radius 3 is 2.66 bits per heavy atom. The Balaban J connectivity index is 1.74. The molecule has 1 aromatic rings. The van der Waals surface area contributed by atoms with Crippen LogP contribution >= 0.6 is 0 Å². The number of carboxylic acids is 2. The number of carboxylic acid groups (broad SMARTS) is 2. The van der Waals surface area contributed by atoms with Crippen molar-refractivity contribution in [1.82, 2.24) is 4.98 Å². The molecule has 2 aliphatic rings. The van der Waals surface area contributed by atoms with Crippen LogP contribution in [0, 0.1) is 5.92 Å². The van der Waals surface area contributed by atoms with Crippen molar-refractivity contribution in [1.29, 1.82) is 0 Å². The van der Waals surface area contributed by atoms with Crippen LogP contribution in [0.25, 0.3) is 6.08 Å². The van der Waals surface area contributed by atoms with Gasteiger partial charge in [0.05, 0.1) is 4.91 Å². The Kier molecular flexibility index (Phi) is 5.97. The van der Waals surface area contributed by atoms with Crippen LogP contribution in [0.3, 0.4) is 0 Å². The van der Waals surface area contributed by atoms with Crippen LogP contribution in [0.2, 0.25) is 0 Å². The van der Waals surface area contributed by atoms with E-state index in [1.54, 1.807) is 30.4 Å². The minimum Gasteiger partial charge on any atom is -0.478 e. The first-order valence-corrected chi connectivity index (χ1v) is 10.4. The normalized spacial score (nSPS) is 19.0. The van der Waals surface area contributed by atoms with Gasteiger partial charge in [0.25, 0.3) is 10.0 Å². The van der Waals surface area contributed by atoms with Crippen LogP contribution in [0.15, 0.2) is 53.6 Å². The predicted molar refractivity (Wildman–Crippen MR) is 108 cm³/mol. The van der Waals surface area contributed by atoms with Gasteiger partial charge in [0.1, 0.15) is 5.82 Å². The molecule has 1 atom stereocenters. The number of hydrogen-bond acceptors (Lipinski definition) is 5. The molecular formula is C20H20N2O6S. The fraction of sp³-hybridized carbons (Fsp3) is 0.250. The number of aliphatic carboxylic acids is 2. The van der Waals surface area contributed by atoms with Gasteiger partial charge in [-0.3, -0.25) is 0 Å². The lowest BCUT2D eigenvalue weighted by Crippen LogP contribution is -2.30. The lowest BCUT2D eigenvalue weighted by atomic mass is 9.97. The van der Waals surface area contributed by atoms with Crippen molar-refractivity contribution in [3.63, 3.8) is 0 Å². The van der Waals surface area contributed by atoms with Crippen LogP contribution < -0.4 is 4.31 Å². The molecule has 1 aromatic heterocycles. The number of rotatable bonds is 7. The van der Waals surface area contributed by atoms with E-state index < -0.39 is 22.0 Å². The first kappa shape index (κ1) is 20.5. The molecule has 0 spiro atoms. The number of nitrogens with zero attached hydrogens (tertiary/aromatic N) is 2. The van der Waals surface area contributed by atoms with Gasteiger partial charge in [-0.1, -0.05) is 18.2 Å². The highest BCUT2D eigenvalue weighted by Gasteiger charge is 2.33. The Bertz CT molecular complexity index is 1050. The van der Waals surface area contributed by atoms with E-state index in [0.717, 1.165) is 17.7 Å². The molecule has 8 nitrogen and oxygen atoms in total. The number of pyridine rings is 1. The number of sulfonamides is 1. The lowest BCUT2D eigenvalue weighted by Gasteiger charge is -2.22. The van der Waals surface area contributed by atoms with Crippen molar-refractivity contribution in [3.8, 4) is 0 Å². The summed E-state index contributed by atoms with van der Waals surface area (Å²) in [4.78, 5) is 25.6. The number of hydrogen-bond donors (Lipinski definition) is 2. The highest BCUT2D eigenvalue weighted by molar-refractivity contribution is 7.96. The summed E-state index contributed by atoms with van der Waals surface area (Å²) in [6.45, 7) is 0.271. The van der Waals surface area contributed by atoms with Gasteiger partial charge in [-0.05, 0) is 54.5 Å². The number of anilines is 1. The minimum absolute atomic E-state index is 0.0529. The van der Waals surface area contributed by atoms with Gasteiger partial charge in [0.15, 0.2) is 0 Å². The second-order valence-electron chi connectivity index (χ2n) is 6.69. The standard InChI is InChI=1S/C20H20N2O6S/c23-18(24)3-1-2-14-4-7-17(8-5-14)29(27,28)22-11-10-16-12-15(6-9-19(25)26)13-21-20(16)22/h1,3-4,6-9,12-14H,2,5,10-11H2,(H,23,24)(H,25,26)/b3-1+,9-6+. The molecule has 3 rings (SSSR count). The SMILES string of the molecule is O=C(O)/C=C/CC1C=CC(S(=O)(=O)N2CCc3cc(/C=C/C(=O)O)cnc32)=CC1. The molecule has 0 aromatic carbocycles. The fourth-order valence-electron chi connectivity index (χ4n) is 3.23. The van der Waals surface area contributed by atoms with E-state index in [2.05, 4.69) is 4.98 Å². The van der Waals surface area contributed by atoms with Gasteiger partial charge in [-0.25, -0.2) is 27.3 Å². The summed E-state index contributed by atoms with van der Waals surface area (Å²) in [6, 6.07) is 1.74. The van der Waals surface area contributed by atoms with E-state index in [-0.39, 0.29) is 17.4 Å². The molecule has 0 amide bonds. The highest BCUT2D eigenvalue weighted by Crippen LogP contribution is 2.33. The Labute approximate surface area is 168 Å². The molecule has 0 saturated carbocycles. The van der Waals surface area contributed by atoms with Crippen LogP contribution in [-0.2, 0) is 26.0 Å². The maximum Gasteiger partial charge on any atom is 0.328 e. The first-order valence-electron chi connectivity index (χ1n) is 8.98. The number of aromatic nitrogens is 1. The van der Waals surface area contributed by atoms with Gasteiger partial charge >= 0.3 is 11.9 Å². The second kappa shape index (κ2) is 8.44. The minimum atomic E-state index is -3.75. The van der Waals surface area contributed by atoms with E-state index >= 15 is 0 Å². The van der Waals surface area contributed by atoms with E-state index in [0.29, 0.717) is 30.6 Å².